The Hall–Kier alpha value is -2.44. The molecular weight excluding hydrogens is 370 g/mol. The quantitative estimate of drug-likeness (QED) is 0.612. The molecule has 2 N–H and O–H groups in total. The van der Waals surface area contributed by atoms with E-state index in [0.717, 1.165) is 0 Å². The molecule has 0 radical (unpaired) electrons. The van der Waals surface area contributed by atoms with Gasteiger partial charge in [-0.1, -0.05) is 26.8 Å². The van der Waals surface area contributed by atoms with E-state index in [2.05, 4.69) is 10.0 Å². The van der Waals surface area contributed by atoms with Crippen LogP contribution < -0.4 is 10.0 Å². The number of hydrogen-bond acceptors (Lipinski definition) is 6. The number of esters is 1. The average molecular weight is 395 g/mol. The highest BCUT2D eigenvalue weighted by Gasteiger charge is 2.30. The Labute approximate surface area is 160 Å². The third-order valence-electron chi connectivity index (χ3n) is 4.04. The maximum Gasteiger partial charge on any atom is 0.338 e. The van der Waals surface area contributed by atoms with Crippen LogP contribution >= 0.6 is 0 Å². The van der Waals surface area contributed by atoms with E-state index in [1.165, 1.54) is 24.3 Å². The number of hydrogen-bond donors (Lipinski definition) is 2. The summed E-state index contributed by atoms with van der Waals surface area (Å²) in [5.41, 5.74) is -1.07. The maximum absolute atomic E-state index is 12.1. The highest BCUT2D eigenvalue weighted by Crippen LogP contribution is 2.15. The largest absolute Gasteiger partial charge is 0.452 e. The molecule has 0 spiro atoms. The average Bonchev–Trinajstić information content (AvgIpc) is 2.64. The highest BCUT2D eigenvalue weighted by atomic mass is 32.2. The standard InChI is InChI=1S/C18H25N3O5S/c1-5-9-20-27(24,25)15-8-6-7-14(10-15)17(23)26-11-16(22)21-18(4,12-19)13(2)3/h6-8,10,13,20H,5,9,11H2,1-4H3,(H,21,22)/t18-/m1/s1. The summed E-state index contributed by atoms with van der Waals surface area (Å²) in [5.74, 6) is -1.59. The fraction of sp³-hybridized carbons (Fsp3) is 0.500. The second kappa shape index (κ2) is 9.48. The zero-order chi connectivity index (χ0) is 20.7. The van der Waals surface area contributed by atoms with Crippen LogP contribution in [0.5, 0.6) is 0 Å². The van der Waals surface area contributed by atoms with Crippen molar-refractivity contribution in [3.63, 3.8) is 0 Å². The second-order valence-electron chi connectivity index (χ2n) is 6.52. The fourth-order valence-corrected chi connectivity index (χ4v) is 3.13. The van der Waals surface area contributed by atoms with E-state index < -0.39 is 34.0 Å². The number of carbonyl (C=O) groups excluding carboxylic acids is 2. The molecule has 1 atom stereocenters. The Morgan fingerprint density at radius 3 is 2.56 bits per heavy atom. The van der Waals surface area contributed by atoms with Crippen molar-refractivity contribution in [2.24, 2.45) is 5.92 Å². The molecule has 9 heteroatoms. The Morgan fingerprint density at radius 2 is 2.00 bits per heavy atom. The molecule has 1 aromatic carbocycles. The number of nitrogens with zero attached hydrogens (tertiary/aromatic N) is 1. The summed E-state index contributed by atoms with van der Waals surface area (Å²) in [4.78, 5) is 24.0. The molecule has 0 aromatic heterocycles. The van der Waals surface area contributed by atoms with Crippen LogP contribution in [0.3, 0.4) is 0 Å². The molecule has 0 bridgehead atoms. The second-order valence-corrected chi connectivity index (χ2v) is 8.29. The maximum atomic E-state index is 12.1. The van der Waals surface area contributed by atoms with Gasteiger partial charge in [0.2, 0.25) is 10.0 Å². The lowest BCUT2D eigenvalue weighted by Gasteiger charge is -2.27. The number of sulfonamides is 1. The predicted octanol–water partition coefficient (Wildman–Crippen LogP) is 1.59. The molecule has 0 aliphatic heterocycles. The van der Waals surface area contributed by atoms with Crippen molar-refractivity contribution < 1.29 is 22.7 Å². The molecule has 8 nitrogen and oxygen atoms in total. The summed E-state index contributed by atoms with van der Waals surface area (Å²) in [6.07, 6.45) is 0.633. The molecule has 1 aromatic rings. The minimum Gasteiger partial charge on any atom is -0.452 e. The topological polar surface area (TPSA) is 125 Å². The molecule has 0 fully saturated rings. The fourth-order valence-electron chi connectivity index (χ4n) is 1.95. The zero-order valence-electron chi connectivity index (χ0n) is 15.9. The molecular formula is C18H25N3O5S. The van der Waals surface area contributed by atoms with Gasteiger partial charge in [0.25, 0.3) is 5.91 Å². The van der Waals surface area contributed by atoms with Crippen molar-refractivity contribution >= 4 is 21.9 Å². The Balaban J connectivity index is 2.78. The molecule has 27 heavy (non-hydrogen) atoms. The van der Waals surface area contributed by atoms with Crippen molar-refractivity contribution in [3.8, 4) is 6.07 Å². The molecule has 1 amide bonds. The van der Waals surface area contributed by atoms with Gasteiger partial charge in [0.15, 0.2) is 6.61 Å². The Morgan fingerprint density at radius 1 is 1.33 bits per heavy atom. The number of ether oxygens (including phenoxy) is 1. The first kappa shape index (κ1) is 22.6. The summed E-state index contributed by atoms with van der Waals surface area (Å²) in [6.45, 7) is 6.69. The SMILES string of the molecule is CCCNS(=O)(=O)c1cccc(C(=O)OCC(=O)N[C@](C)(C#N)C(C)C)c1. The van der Waals surface area contributed by atoms with Crippen LogP contribution in [0.25, 0.3) is 0 Å². The van der Waals surface area contributed by atoms with Crippen LogP contribution in [0.15, 0.2) is 29.2 Å². The van der Waals surface area contributed by atoms with Crippen LogP contribution in [0.4, 0.5) is 0 Å². The highest BCUT2D eigenvalue weighted by molar-refractivity contribution is 7.89. The summed E-state index contributed by atoms with van der Waals surface area (Å²) < 4.78 is 31.6. The van der Waals surface area contributed by atoms with E-state index in [0.29, 0.717) is 6.42 Å². The van der Waals surface area contributed by atoms with Crippen LogP contribution in [0, 0.1) is 17.2 Å². The third kappa shape index (κ3) is 6.34. The smallest absolute Gasteiger partial charge is 0.338 e. The van der Waals surface area contributed by atoms with E-state index in [1.54, 1.807) is 20.8 Å². The summed E-state index contributed by atoms with van der Waals surface area (Å²) in [5, 5.41) is 11.7. The molecule has 0 saturated carbocycles. The van der Waals surface area contributed by atoms with Crippen molar-refractivity contribution in [2.75, 3.05) is 13.2 Å². The minimum absolute atomic E-state index is 0.00841. The lowest BCUT2D eigenvalue weighted by molar-refractivity contribution is -0.125. The molecule has 1 rings (SSSR count). The van der Waals surface area contributed by atoms with Crippen molar-refractivity contribution in [1.82, 2.24) is 10.0 Å². The molecule has 148 valence electrons. The first-order valence-corrected chi connectivity index (χ1v) is 10.0. The monoisotopic (exact) mass is 395 g/mol. The van der Waals surface area contributed by atoms with Gasteiger partial charge in [-0.3, -0.25) is 4.79 Å². The number of rotatable bonds is 9. The normalized spacial score (nSPS) is 13.5. The number of nitrogens with one attached hydrogen (secondary N) is 2. The van der Waals surface area contributed by atoms with Gasteiger partial charge in [-0.25, -0.2) is 17.9 Å². The van der Waals surface area contributed by atoms with Gasteiger partial charge in [0.1, 0.15) is 5.54 Å². The number of amides is 1. The van der Waals surface area contributed by atoms with E-state index in [1.807, 2.05) is 13.0 Å². The van der Waals surface area contributed by atoms with Gasteiger partial charge in [0.05, 0.1) is 16.5 Å². The zero-order valence-corrected chi connectivity index (χ0v) is 16.7. The van der Waals surface area contributed by atoms with Crippen LogP contribution in [-0.2, 0) is 19.6 Å². The number of benzene rings is 1. The lowest BCUT2D eigenvalue weighted by atomic mass is 9.90. The van der Waals surface area contributed by atoms with Crippen molar-refractivity contribution in [2.45, 2.75) is 44.6 Å². The van der Waals surface area contributed by atoms with Gasteiger partial charge >= 0.3 is 5.97 Å². The van der Waals surface area contributed by atoms with Gasteiger partial charge < -0.3 is 10.1 Å². The summed E-state index contributed by atoms with van der Waals surface area (Å²) in [6, 6.07) is 7.39. The van der Waals surface area contributed by atoms with Gasteiger partial charge in [-0.2, -0.15) is 5.26 Å². The number of carbonyl (C=O) groups is 2. The third-order valence-corrected chi connectivity index (χ3v) is 5.50. The first-order chi connectivity index (χ1) is 12.6. The summed E-state index contributed by atoms with van der Waals surface area (Å²) >= 11 is 0. The van der Waals surface area contributed by atoms with Gasteiger partial charge in [-0.05, 0) is 37.5 Å². The van der Waals surface area contributed by atoms with E-state index >= 15 is 0 Å². The van der Waals surface area contributed by atoms with Gasteiger partial charge in [-0.15, -0.1) is 0 Å². The van der Waals surface area contributed by atoms with Crippen LogP contribution in [0.1, 0.15) is 44.5 Å². The van der Waals surface area contributed by atoms with Crippen molar-refractivity contribution in [1.29, 1.82) is 5.26 Å². The molecule has 0 aliphatic carbocycles. The van der Waals surface area contributed by atoms with Crippen molar-refractivity contribution in [3.05, 3.63) is 29.8 Å². The van der Waals surface area contributed by atoms with E-state index in [-0.39, 0.29) is 22.9 Å². The minimum atomic E-state index is -3.72. The Bertz CT molecular complexity index is 830. The predicted molar refractivity (Wildman–Crippen MR) is 99.2 cm³/mol. The Kier molecular flexibility index (Phi) is 7.94. The van der Waals surface area contributed by atoms with E-state index in [4.69, 9.17) is 4.74 Å². The van der Waals surface area contributed by atoms with Crippen LogP contribution in [-0.4, -0.2) is 39.0 Å². The van der Waals surface area contributed by atoms with Gasteiger partial charge in [0, 0.05) is 6.54 Å². The van der Waals surface area contributed by atoms with E-state index in [9.17, 15) is 23.3 Å². The molecule has 0 aliphatic rings. The number of nitriles is 1. The molecule has 0 heterocycles. The molecule has 0 unspecified atom stereocenters. The van der Waals surface area contributed by atoms with Crippen LogP contribution in [0.2, 0.25) is 0 Å². The lowest BCUT2D eigenvalue weighted by Crippen LogP contribution is -2.50. The molecule has 0 saturated heterocycles. The summed E-state index contributed by atoms with van der Waals surface area (Å²) in [7, 11) is -3.72. The first-order valence-electron chi connectivity index (χ1n) is 8.55.